The maximum absolute atomic E-state index is 11.0. The number of nitrogens with two attached hydrogens (primary N) is 1. The minimum atomic E-state index is -0.435. The largest absolute Gasteiger partial charge is 0.481 e. The zero-order valence-corrected chi connectivity index (χ0v) is 11.1. The van der Waals surface area contributed by atoms with Crippen molar-refractivity contribution in [3.05, 3.63) is 45.0 Å². The molecule has 0 aliphatic rings. The van der Waals surface area contributed by atoms with Crippen molar-refractivity contribution in [3.8, 4) is 5.75 Å². The highest BCUT2D eigenvalue weighted by Crippen LogP contribution is 2.29. The van der Waals surface area contributed by atoms with Crippen molar-refractivity contribution in [1.82, 2.24) is 4.98 Å². The number of hydrogen-bond donors (Lipinski definition) is 1. The van der Waals surface area contributed by atoms with Crippen LogP contribution in [-0.2, 0) is 13.0 Å². The number of aromatic nitrogens is 1. The average Bonchev–Trinajstić information content (AvgIpc) is 2.82. The van der Waals surface area contributed by atoms with Crippen molar-refractivity contribution < 1.29 is 9.66 Å². The normalized spacial score (nSPS) is 10.4. The fraction of sp³-hybridized carbons (Fsp3) is 0.250. The summed E-state index contributed by atoms with van der Waals surface area (Å²) in [5.74, 6) is 0.258. The number of benzene rings is 1. The molecule has 2 aromatic rings. The molecule has 0 amide bonds. The zero-order chi connectivity index (χ0) is 13.8. The van der Waals surface area contributed by atoms with Crippen molar-refractivity contribution in [2.24, 2.45) is 0 Å². The van der Waals surface area contributed by atoms with E-state index in [-0.39, 0.29) is 18.0 Å². The Labute approximate surface area is 114 Å². The van der Waals surface area contributed by atoms with E-state index in [0.29, 0.717) is 5.13 Å². The van der Waals surface area contributed by atoms with Crippen molar-refractivity contribution >= 4 is 22.2 Å². The Morgan fingerprint density at radius 3 is 2.89 bits per heavy atom. The van der Waals surface area contributed by atoms with Crippen LogP contribution < -0.4 is 10.5 Å². The Kier molecular flexibility index (Phi) is 3.96. The number of nitrogen functional groups attached to an aromatic ring is 1. The Bertz CT molecular complexity index is 598. The van der Waals surface area contributed by atoms with Crippen LogP contribution in [0.4, 0.5) is 10.8 Å². The lowest BCUT2D eigenvalue weighted by atomic mass is 10.1. The number of thiazole rings is 1. The molecule has 0 aliphatic carbocycles. The number of ether oxygens (including phenoxy) is 1. The highest BCUT2D eigenvalue weighted by atomic mass is 32.1. The number of nitro groups is 1. The standard InChI is InChI=1S/C12H13N3O3S/c1-2-8-3-4-11(10(5-8)15(16)17)18-7-9-6-14-12(13)19-9/h3-6H,2,7H2,1H3,(H2,13,14). The maximum atomic E-state index is 11.0. The SMILES string of the molecule is CCc1ccc(OCc2cnc(N)s2)c([N+](=O)[O-])c1. The molecule has 6 nitrogen and oxygen atoms in total. The van der Waals surface area contributed by atoms with E-state index >= 15 is 0 Å². The summed E-state index contributed by atoms with van der Waals surface area (Å²) in [5, 5.41) is 11.5. The zero-order valence-electron chi connectivity index (χ0n) is 10.3. The van der Waals surface area contributed by atoms with E-state index in [9.17, 15) is 10.1 Å². The first-order valence-corrected chi connectivity index (χ1v) is 6.52. The predicted molar refractivity (Wildman–Crippen MR) is 73.3 cm³/mol. The monoisotopic (exact) mass is 279 g/mol. The Balaban J connectivity index is 2.17. The molecular weight excluding hydrogens is 266 g/mol. The van der Waals surface area contributed by atoms with Gasteiger partial charge in [0.2, 0.25) is 0 Å². The van der Waals surface area contributed by atoms with Crippen molar-refractivity contribution in [3.63, 3.8) is 0 Å². The van der Waals surface area contributed by atoms with E-state index in [0.717, 1.165) is 16.9 Å². The van der Waals surface area contributed by atoms with Gasteiger partial charge < -0.3 is 10.5 Å². The molecule has 19 heavy (non-hydrogen) atoms. The van der Waals surface area contributed by atoms with Gasteiger partial charge in [0, 0.05) is 12.3 Å². The highest BCUT2D eigenvalue weighted by Gasteiger charge is 2.16. The van der Waals surface area contributed by atoms with Gasteiger partial charge in [-0.3, -0.25) is 10.1 Å². The molecule has 0 bridgehead atoms. The second-order valence-electron chi connectivity index (χ2n) is 3.87. The second-order valence-corrected chi connectivity index (χ2v) is 5.01. The number of rotatable bonds is 5. The van der Waals surface area contributed by atoms with E-state index in [2.05, 4.69) is 4.98 Å². The van der Waals surface area contributed by atoms with Gasteiger partial charge in [0.25, 0.3) is 0 Å². The lowest BCUT2D eigenvalue weighted by molar-refractivity contribution is -0.386. The van der Waals surface area contributed by atoms with Gasteiger partial charge in [-0.2, -0.15) is 0 Å². The molecular formula is C12H13N3O3S. The summed E-state index contributed by atoms with van der Waals surface area (Å²) in [6.07, 6.45) is 2.35. The molecule has 0 spiro atoms. The van der Waals surface area contributed by atoms with Gasteiger partial charge in [-0.1, -0.05) is 24.3 Å². The van der Waals surface area contributed by atoms with Crippen LogP contribution in [0, 0.1) is 10.1 Å². The van der Waals surface area contributed by atoms with Crippen LogP contribution in [0.1, 0.15) is 17.4 Å². The highest BCUT2D eigenvalue weighted by molar-refractivity contribution is 7.15. The van der Waals surface area contributed by atoms with Crippen molar-refractivity contribution in [1.29, 1.82) is 0 Å². The quantitative estimate of drug-likeness (QED) is 0.671. The second kappa shape index (κ2) is 5.66. The number of nitrogens with zero attached hydrogens (tertiary/aromatic N) is 2. The molecule has 0 unspecified atom stereocenters. The third-order valence-corrected chi connectivity index (χ3v) is 3.37. The number of anilines is 1. The molecule has 1 heterocycles. The molecule has 7 heteroatoms. The van der Waals surface area contributed by atoms with Crippen LogP contribution in [0.25, 0.3) is 0 Å². The van der Waals surface area contributed by atoms with Crippen molar-refractivity contribution in [2.75, 3.05) is 5.73 Å². The lowest BCUT2D eigenvalue weighted by Gasteiger charge is -2.06. The van der Waals surface area contributed by atoms with Crippen LogP contribution in [0.15, 0.2) is 24.4 Å². The van der Waals surface area contributed by atoms with Crippen molar-refractivity contribution in [2.45, 2.75) is 20.0 Å². The van der Waals surface area contributed by atoms with E-state index in [1.54, 1.807) is 12.3 Å². The molecule has 0 atom stereocenters. The fourth-order valence-electron chi connectivity index (χ4n) is 1.59. The molecule has 0 saturated heterocycles. The predicted octanol–water partition coefficient (Wildman–Crippen LogP) is 2.77. The smallest absolute Gasteiger partial charge is 0.311 e. The lowest BCUT2D eigenvalue weighted by Crippen LogP contribution is -1.98. The molecule has 2 N–H and O–H groups in total. The van der Waals surface area contributed by atoms with Gasteiger partial charge in [-0.15, -0.1) is 0 Å². The first-order chi connectivity index (χ1) is 9.10. The average molecular weight is 279 g/mol. The third kappa shape index (κ3) is 3.19. The fourth-order valence-corrected chi connectivity index (χ4v) is 2.18. The van der Waals surface area contributed by atoms with Gasteiger partial charge in [-0.05, 0) is 18.1 Å². The molecule has 2 rings (SSSR count). The van der Waals surface area contributed by atoms with Gasteiger partial charge in [0.15, 0.2) is 10.9 Å². The van der Waals surface area contributed by atoms with E-state index in [4.69, 9.17) is 10.5 Å². The summed E-state index contributed by atoms with van der Waals surface area (Å²) in [6.45, 7) is 2.17. The van der Waals surface area contributed by atoms with E-state index < -0.39 is 4.92 Å². The van der Waals surface area contributed by atoms with Crippen LogP contribution in [0.2, 0.25) is 0 Å². The Morgan fingerprint density at radius 2 is 2.32 bits per heavy atom. The summed E-state index contributed by atoms with van der Waals surface area (Å²) in [6, 6.07) is 4.99. The van der Waals surface area contributed by atoms with E-state index in [1.807, 2.05) is 13.0 Å². The van der Waals surface area contributed by atoms with Gasteiger partial charge in [0.05, 0.1) is 9.80 Å². The summed E-state index contributed by atoms with van der Waals surface area (Å²) in [7, 11) is 0. The summed E-state index contributed by atoms with van der Waals surface area (Å²) in [5.41, 5.74) is 6.39. The number of aryl methyl sites for hydroxylation is 1. The summed E-state index contributed by atoms with van der Waals surface area (Å²) >= 11 is 1.30. The Morgan fingerprint density at radius 1 is 1.53 bits per heavy atom. The molecule has 0 radical (unpaired) electrons. The molecule has 1 aromatic carbocycles. The molecule has 0 fully saturated rings. The number of nitro benzene ring substituents is 1. The van der Waals surface area contributed by atoms with Crippen LogP contribution in [0.3, 0.4) is 0 Å². The first kappa shape index (κ1) is 13.3. The maximum Gasteiger partial charge on any atom is 0.311 e. The molecule has 100 valence electrons. The number of hydrogen-bond acceptors (Lipinski definition) is 6. The van der Waals surface area contributed by atoms with Gasteiger partial charge in [0.1, 0.15) is 6.61 Å². The third-order valence-electron chi connectivity index (χ3n) is 2.57. The van der Waals surface area contributed by atoms with Crippen LogP contribution in [-0.4, -0.2) is 9.91 Å². The summed E-state index contributed by atoms with van der Waals surface area (Å²) in [4.78, 5) is 15.3. The van der Waals surface area contributed by atoms with Crippen LogP contribution in [0.5, 0.6) is 5.75 Å². The van der Waals surface area contributed by atoms with E-state index in [1.165, 1.54) is 17.4 Å². The first-order valence-electron chi connectivity index (χ1n) is 5.70. The molecule has 0 aliphatic heterocycles. The molecule has 1 aromatic heterocycles. The minimum absolute atomic E-state index is 0.0168. The Hall–Kier alpha value is -2.15. The van der Waals surface area contributed by atoms with Gasteiger partial charge >= 0.3 is 5.69 Å². The van der Waals surface area contributed by atoms with Gasteiger partial charge in [-0.25, -0.2) is 4.98 Å². The molecule has 0 saturated carbocycles. The summed E-state index contributed by atoms with van der Waals surface area (Å²) < 4.78 is 5.47. The minimum Gasteiger partial charge on any atom is -0.481 e. The topological polar surface area (TPSA) is 91.3 Å². The van der Waals surface area contributed by atoms with Crippen LogP contribution >= 0.6 is 11.3 Å².